The third kappa shape index (κ3) is 2.07. The number of carbonyl (C=O) groups excluding carboxylic acids is 1. The lowest BCUT2D eigenvalue weighted by atomic mass is 10.0. The van der Waals surface area contributed by atoms with Gasteiger partial charge >= 0.3 is 0 Å². The molecule has 0 N–H and O–H groups in total. The molecule has 0 saturated carbocycles. The van der Waals surface area contributed by atoms with Gasteiger partial charge in [0.2, 0.25) is 5.78 Å². The van der Waals surface area contributed by atoms with Gasteiger partial charge in [-0.3, -0.25) is 4.79 Å². The maximum atomic E-state index is 12.2. The van der Waals surface area contributed by atoms with Gasteiger partial charge in [0.15, 0.2) is 0 Å². The molecule has 0 saturated heterocycles. The van der Waals surface area contributed by atoms with Gasteiger partial charge in [-0.15, -0.1) is 11.3 Å². The largest absolute Gasteiger partial charge is 0.288 e. The first-order chi connectivity index (χ1) is 7.58. The fourth-order valence-electron chi connectivity index (χ4n) is 1.84. The molecule has 0 unspecified atom stereocenters. The summed E-state index contributed by atoms with van der Waals surface area (Å²) in [4.78, 5) is 13.1. The third-order valence-corrected chi connectivity index (χ3v) is 3.57. The Bertz CT molecular complexity index is 517. The van der Waals surface area contributed by atoms with Gasteiger partial charge in [0.25, 0.3) is 0 Å². The van der Waals surface area contributed by atoms with Crippen LogP contribution in [0, 0.1) is 20.8 Å². The van der Waals surface area contributed by atoms with Gasteiger partial charge in [0, 0.05) is 5.56 Å². The van der Waals surface area contributed by atoms with Crippen LogP contribution in [0.3, 0.4) is 0 Å². The lowest BCUT2D eigenvalue weighted by Crippen LogP contribution is -2.01. The molecule has 0 radical (unpaired) electrons. The molecule has 0 aliphatic rings. The molecule has 0 fully saturated rings. The van der Waals surface area contributed by atoms with Gasteiger partial charge in [0.1, 0.15) is 0 Å². The Balaban J connectivity index is 2.45. The van der Waals surface area contributed by atoms with Crippen molar-refractivity contribution in [2.24, 2.45) is 0 Å². The highest BCUT2D eigenvalue weighted by Gasteiger charge is 2.13. The van der Waals surface area contributed by atoms with E-state index < -0.39 is 0 Å². The summed E-state index contributed by atoms with van der Waals surface area (Å²) in [7, 11) is 0. The fourth-order valence-corrected chi connectivity index (χ4v) is 2.73. The van der Waals surface area contributed by atoms with E-state index in [4.69, 9.17) is 0 Å². The Labute approximate surface area is 99.8 Å². The molecule has 0 aliphatic heterocycles. The minimum Gasteiger partial charge on any atom is -0.288 e. The van der Waals surface area contributed by atoms with Crippen molar-refractivity contribution in [2.45, 2.75) is 20.8 Å². The number of hydrogen-bond acceptors (Lipinski definition) is 2. The van der Waals surface area contributed by atoms with Crippen LogP contribution in [0.4, 0.5) is 0 Å². The number of rotatable bonds is 2. The molecule has 0 aliphatic carbocycles. The average molecular weight is 230 g/mol. The van der Waals surface area contributed by atoms with Crippen molar-refractivity contribution in [2.75, 3.05) is 0 Å². The second-order valence-corrected chi connectivity index (χ2v) is 5.05. The quantitative estimate of drug-likeness (QED) is 0.715. The summed E-state index contributed by atoms with van der Waals surface area (Å²) in [6.45, 7) is 6.02. The molecule has 1 aromatic carbocycles. The topological polar surface area (TPSA) is 17.1 Å². The monoisotopic (exact) mass is 230 g/mol. The van der Waals surface area contributed by atoms with E-state index in [0.29, 0.717) is 0 Å². The van der Waals surface area contributed by atoms with E-state index in [9.17, 15) is 4.79 Å². The molecule has 2 heteroatoms. The zero-order chi connectivity index (χ0) is 11.7. The second kappa shape index (κ2) is 4.22. The molecule has 0 atom stereocenters. The number of thiophene rings is 1. The van der Waals surface area contributed by atoms with Gasteiger partial charge in [-0.2, -0.15) is 0 Å². The Morgan fingerprint density at radius 3 is 2.19 bits per heavy atom. The number of hydrogen-bond donors (Lipinski definition) is 0. The van der Waals surface area contributed by atoms with Crippen LogP contribution < -0.4 is 0 Å². The van der Waals surface area contributed by atoms with E-state index in [1.807, 2.05) is 44.4 Å². The van der Waals surface area contributed by atoms with Crippen LogP contribution >= 0.6 is 11.3 Å². The maximum absolute atomic E-state index is 12.2. The lowest BCUT2D eigenvalue weighted by molar-refractivity contribution is 0.104. The molecule has 0 bridgehead atoms. The minimum atomic E-state index is 0.138. The normalized spacial score (nSPS) is 10.4. The number of ketones is 1. The molecule has 1 heterocycles. The van der Waals surface area contributed by atoms with Crippen LogP contribution in [0.2, 0.25) is 0 Å². The van der Waals surface area contributed by atoms with Crippen molar-refractivity contribution in [1.82, 2.24) is 0 Å². The standard InChI is InChI=1S/C14H14OS/c1-9-6-10(2)8-12(7-9)13(15)14-11(3)4-5-16-14/h4-8H,1-3H3. The molecule has 1 nitrogen and oxygen atoms in total. The molecule has 16 heavy (non-hydrogen) atoms. The number of aryl methyl sites for hydroxylation is 3. The first-order valence-electron chi connectivity index (χ1n) is 5.25. The summed E-state index contributed by atoms with van der Waals surface area (Å²) in [6, 6.07) is 7.97. The number of carbonyl (C=O) groups is 1. The zero-order valence-corrected chi connectivity index (χ0v) is 10.5. The molecular weight excluding hydrogens is 216 g/mol. The van der Waals surface area contributed by atoms with Gasteiger partial charge < -0.3 is 0 Å². The summed E-state index contributed by atoms with van der Waals surface area (Å²) in [5, 5.41) is 1.96. The highest BCUT2D eigenvalue weighted by molar-refractivity contribution is 7.12. The van der Waals surface area contributed by atoms with Crippen molar-refractivity contribution in [3.05, 3.63) is 56.8 Å². The summed E-state index contributed by atoms with van der Waals surface area (Å²) in [5.41, 5.74) is 4.13. The molecule has 0 spiro atoms. The second-order valence-electron chi connectivity index (χ2n) is 4.14. The van der Waals surface area contributed by atoms with Crippen LogP contribution in [0.1, 0.15) is 31.9 Å². The third-order valence-electron chi connectivity index (χ3n) is 2.55. The van der Waals surface area contributed by atoms with Crippen molar-refractivity contribution in [1.29, 1.82) is 0 Å². The van der Waals surface area contributed by atoms with E-state index >= 15 is 0 Å². The summed E-state index contributed by atoms with van der Waals surface area (Å²) < 4.78 is 0. The predicted octanol–water partition coefficient (Wildman–Crippen LogP) is 3.90. The first kappa shape index (κ1) is 11.1. The van der Waals surface area contributed by atoms with Crippen LogP contribution in [0.25, 0.3) is 0 Å². The highest BCUT2D eigenvalue weighted by Crippen LogP contribution is 2.21. The van der Waals surface area contributed by atoms with E-state index in [1.54, 1.807) is 0 Å². The molecular formula is C14H14OS. The van der Waals surface area contributed by atoms with Gasteiger partial charge in [-0.05, 0) is 49.9 Å². The maximum Gasteiger partial charge on any atom is 0.203 e. The highest BCUT2D eigenvalue weighted by atomic mass is 32.1. The van der Waals surface area contributed by atoms with E-state index in [-0.39, 0.29) is 5.78 Å². The molecule has 1 aromatic heterocycles. The minimum absolute atomic E-state index is 0.138. The van der Waals surface area contributed by atoms with Crippen LogP contribution in [0.15, 0.2) is 29.6 Å². The summed E-state index contributed by atoms with van der Waals surface area (Å²) >= 11 is 1.51. The average Bonchev–Trinajstić information content (AvgIpc) is 2.62. The Kier molecular flexibility index (Phi) is 2.92. The van der Waals surface area contributed by atoms with Gasteiger partial charge in [0.05, 0.1) is 4.88 Å². The van der Waals surface area contributed by atoms with Crippen molar-refractivity contribution >= 4 is 17.1 Å². The van der Waals surface area contributed by atoms with E-state index in [0.717, 1.165) is 27.1 Å². The predicted molar refractivity (Wildman–Crippen MR) is 68.4 cm³/mol. The van der Waals surface area contributed by atoms with Crippen molar-refractivity contribution in [3.63, 3.8) is 0 Å². The van der Waals surface area contributed by atoms with Crippen molar-refractivity contribution in [3.8, 4) is 0 Å². The summed E-state index contributed by atoms with van der Waals surface area (Å²) in [6.07, 6.45) is 0. The van der Waals surface area contributed by atoms with Gasteiger partial charge in [-0.25, -0.2) is 0 Å². The Morgan fingerprint density at radius 1 is 1.06 bits per heavy atom. The van der Waals surface area contributed by atoms with E-state index in [2.05, 4.69) is 6.07 Å². The molecule has 2 aromatic rings. The number of benzene rings is 1. The van der Waals surface area contributed by atoms with E-state index in [1.165, 1.54) is 11.3 Å². The smallest absolute Gasteiger partial charge is 0.203 e. The first-order valence-corrected chi connectivity index (χ1v) is 6.13. The van der Waals surface area contributed by atoms with Crippen LogP contribution in [-0.4, -0.2) is 5.78 Å². The summed E-state index contributed by atoms with van der Waals surface area (Å²) in [5.74, 6) is 0.138. The fraction of sp³-hybridized carbons (Fsp3) is 0.214. The van der Waals surface area contributed by atoms with Gasteiger partial charge in [-0.1, -0.05) is 17.2 Å². The van der Waals surface area contributed by atoms with Crippen LogP contribution in [0.5, 0.6) is 0 Å². The molecule has 0 amide bonds. The SMILES string of the molecule is Cc1cc(C)cc(C(=O)c2sccc2C)c1. The van der Waals surface area contributed by atoms with Crippen LogP contribution in [-0.2, 0) is 0 Å². The molecule has 2 rings (SSSR count). The Hall–Kier alpha value is -1.41. The lowest BCUT2D eigenvalue weighted by Gasteiger charge is -2.03. The molecule has 82 valence electrons. The Morgan fingerprint density at radius 2 is 1.69 bits per heavy atom. The van der Waals surface area contributed by atoms with Crippen molar-refractivity contribution < 1.29 is 4.79 Å². The zero-order valence-electron chi connectivity index (χ0n) is 9.70.